The van der Waals surface area contributed by atoms with E-state index in [1.165, 1.54) is 0 Å². The summed E-state index contributed by atoms with van der Waals surface area (Å²) in [6.07, 6.45) is 7.36. The van der Waals surface area contributed by atoms with Crippen LogP contribution >= 0.6 is 0 Å². The van der Waals surface area contributed by atoms with Crippen LogP contribution in [0.2, 0.25) is 0 Å². The topological polar surface area (TPSA) is 101 Å². The van der Waals surface area contributed by atoms with Crippen molar-refractivity contribution in [3.63, 3.8) is 0 Å². The Morgan fingerprint density at radius 2 is 2.00 bits per heavy atom. The highest BCUT2D eigenvalue weighted by atomic mass is 16.5. The third kappa shape index (κ3) is 2.73. The average molecular weight is 364 g/mol. The van der Waals surface area contributed by atoms with Crippen LogP contribution in [0, 0.1) is 0 Å². The fourth-order valence-electron chi connectivity index (χ4n) is 4.01. The zero-order chi connectivity index (χ0) is 18.4. The third-order valence-corrected chi connectivity index (χ3v) is 5.48. The Kier molecular flexibility index (Phi) is 3.78. The van der Waals surface area contributed by atoms with Crippen LogP contribution in [0.15, 0.2) is 35.5 Å². The van der Waals surface area contributed by atoms with Crippen molar-refractivity contribution in [2.75, 3.05) is 7.11 Å². The van der Waals surface area contributed by atoms with Crippen molar-refractivity contribution >= 4 is 22.2 Å². The van der Waals surface area contributed by atoms with E-state index in [1.54, 1.807) is 24.2 Å². The summed E-state index contributed by atoms with van der Waals surface area (Å²) in [4.78, 5) is 32.0. The zero-order valence-electron chi connectivity index (χ0n) is 15.0. The number of rotatable bonds is 3. The second-order valence-electron chi connectivity index (χ2n) is 7.03. The number of hydrogen-bond donors (Lipinski definition) is 2. The highest BCUT2D eigenvalue weighted by molar-refractivity contribution is 5.81. The first-order valence-corrected chi connectivity index (χ1v) is 9.16. The molecule has 0 bridgehead atoms. The predicted molar refractivity (Wildman–Crippen MR) is 102 cm³/mol. The number of ether oxygens (including phenoxy) is 1. The van der Waals surface area contributed by atoms with E-state index < -0.39 is 0 Å². The Hall–Kier alpha value is -3.00. The maximum atomic E-state index is 12.6. The summed E-state index contributed by atoms with van der Waals surface area (Å²) in [5.74, 6) is 0.595. The lowest BCUT2D eigenvalue weighted by Gasteiger charge is -2.28. The summed E-state index contributed by atoms with van der Waals surface area (Å²) in [7, 11) is 1.75. The fourth-order valence-corrected chi connectivity index (χ4v) is 4.01. The van der Waals surface area contributed by atoms with Gasteiger partial charge in [0, 0.05) is 18.7 Å². The smallest absolute Gasteiger partial charge is 0.327 e. The minimum atomic E-state index is -0.124. The van der Waals surface area contributed by atoms with Crippen molar-refractivity contribution in [2.45, 2.75) is 37.8 Å². The molecule has 0 aliphatic heterocycles. The Morgan fingerprint density at radius 3 is 2.81 bits per heavy atom. The van der Waals surface area contributed by atoms with Crippen molar-refractivity contribution in [1.29, 1.82) is 0 Å². The van der Waals surface area contributed by atoms with Gasteiger partial charge in [-0.15, -0.1) is 0 Å². The third-order valence-electron chi connectivity index (χ3n) is 5.48. The Morgan fingerprint density at radius 1 is 1.15 bits per heavy atom. The zero-order valence-corrected chi connectivity index (χ0v) is 15.0. The Labute approximate surface area is 154 Å². The number of benzene rings is 1. The van der Waals surface area contributed by atoms with E-state index in [2.05, 4.69) is 19.9 Å². The van der Waals surface area contributed by atoms with E-state index in [4.69, 9.17) is 9.72 Å². The summed E-state index contributed by atoms with van der Waals surface area (Å²) in [5, 5.41) is 0. The van der Waals surface area contributed by atoms with E-state index in [9.17, 15) is 4.79 Å². The quantitative estimate of drug-likeness (QED) is 0.582. The normalized spacial score (nSPS) is 20.5. The van der Waals surface area contributed by atoms with Crippen LogP contribution in [0.3, 0.4) is 0 Å². The van der Waals surface area contributed by atoms with Gasteiger partial charge in [-0.25, -0.2) is 19.7 Å². The maximum absolute atomic E-state index is 12.6. The van der Waals surface area contributed by atoms with Crippen LogP contribution in [0.5, 0.6) is 0 Å². The Bertz CT molecular complexity index is 1170. The molecular formula is C19H20N6O2. The van der Waals surface area contributed by atoms with E-state index in [0.29, 0.717) is 17.0 Å². The van der Waals surface area contributed by atoms with Crippen LogP contribution < -0.4 is 5.69 Å². The molecule has 1 aromatic carbocycles. The van der Waals surface area contributed by atoms with Gasteiger partial charge in [-0.3, -0.25) is 4.57 Å². The van der Waals surface area contributed by atoms with E-state index >= 15 is 0 Å². The van der Waals surface area contributed by atoms with Crippen LogP contribution in [-0.4, -0.2) is 42.7 Å². The minimum Gasteiger partial charge on any atom is -0.381 e. The molecule has 1 fully saturated rings. The van der Waals surface area contributed by atoms with E-state index in [1.807, 2.05) is 18.2 Å². The van der Waals surface area contributed by atoms with Gasteiger partial charge in [-0.1, -0.05) is 0 Å². The molecule has 0 atom stereocenters. The first-order valence-electron chi connectivity index (χ1n) is 9.16. The number of nitrogens with zero attached hydrogens (tertiary/aromatic N) is 4. The van der Waals surface area contributed by atoms with Gasteiger partial charge in [-0.2, -0.15) is 0 Å². The summed E-state index contributed by atoms with van der Waals surface area (Å²) in [6.45, 7) is 0. The van der Waals surface area contributed by atoms with Gasteiger partial charge in [-0.05, 0) is 43.9 Å². The Balaban J connectivity index is 1.57. The highest BCUT2D eigenvalue weighted by Gasteiger charge is 2.25. The molecule has 138 valence electrons. The first-order chi connectivity index (χ1) is 13.2. The maximum Gasteiger partial charge on any atom is 0.327 e. The molecule has 8 nitrogen and oxygen atoms in total. The first kappa shape index (κ1) is 16.2. The molecule has 27 heavy (non-hydrogen) atoms. The van der Waals surface area contributed by atoms with Crippen LogP contribution in [0.25, 0.3) is 33.6 Å². The largest absolute Gasteiger partial charge is 0.381 e. The number of hydrogen-bond acceptors (Lipinski definition) is 5. The minimum absolute atomic E-state index is 0.124. The number of methoxy groups -OCH3 is 1. The van der Waals surface area contributed by atoms with Gasteiger partial charge < -0.3 is 14.7 Å². The number of aromatic amines is 2. The van der Waals surface area contributed by atoms with Crippen LogP contribution in [0.1, 0.15) is 31.7 Å². The lowest BCUT2D eigenvalue weighted by atomic mass is 9.93. The summed E-state index contributed by atoms with van der Waals surface area (Å²) in [5.41, 5.74) is 3.92. The predicted octanol–water partition coefficient (Wildman–Crippen LogP) is 2.79. The molecule has 8 heteroatoms. The standard InChI is InChI=1S/C19H20N6O2/c1-27-13-5-3-12(4-6-13)25-18-16(23-19(25)26)9-20-17(24-18)11-2-7-14-15(8-11)22-10-21-14/h2,7-10,12-13H,3-6H2,1H3,(H,21,22)(H,23,26). The molecule has 1 saturated carbocycles. The SMILES string of the molecule is COC1CCC(n2c(=O)[nH]c3cnc(-c4ccc5nc[nH]c5c4)nc32)CC1. The lowest BCUT2D eigenvalue weighted by Crippen LogP contribution is -2.28. The number of H-pyrrole nitrogens is 2. The second-order valence-corrected chi connectivity index (χ2v) is 7.03. The molecule has 0 saturated heterocycles. The number of imidazole rings is 2. The number of aromatic nitrogens is 6. The van der Waals surface area contributed by atoms with Crippen LogP contribution in [-0.2, 0) is 4.74 Å². The number of nitrogens with one attached hydrogen (secondary N) is 2. The van der Waals surface area contributed by atoms with Crippen molar-refractivity contribution in [1.82, 2.24) is 29.5 Å². The monoisotopic (exact) mass is 364 g/mol. The van der Waals surface area contributed by atoms with Crippen molar-refractivity contribution in [3.05, 3.63) is 41.2 Å². The molecule has 4 aromatic rings. The van der Waals surface area contributed by atoms with Gasteiger partial charge in [0.15, 0.2) is 11.5 Å². The summed E-state index contributed by atoms with van der Waals surface area (Å²) < 4.78 is 7.24. The van der Waals surface area contributed by atoms with Crippen LogP contribution in [0.4, 0.5) is 0 Å². The van der Waals surface area contributed by atoms with Gasteiger partial charge in [0.1, 0.15) is 5.52 Å². The molecule has 0 radical (unpaired) electrons. The van der Waals surface area contributed by atoms with E-state index in [0.717, 1.165) is 42.3 Å². The molecule has 1 aliphatic carbocycles. The average Bonchev–Trinajstić information content (AvgIpc) is 3.30. The van der Waals surface area contributed by atoms with Gasteiger partial charge in [0.2, 0.25) is 0 Å². The second kappa shape index (κ2) is 6.31. The molecule has 3 aromatic heterocycles. The molecule has 2 N–H and O–H groups in total. The fraction of sp³-hybridized carbons (Fsp3) is 0.368. The van der Waals surface area contributed by atoms with Gasteiger partial charge in [0.25, 0.3) is 0 Å². The van der Waals surface area contributed by atoms with E-state index in [-0.39, 0.29) is 17.8 Å². The van der Waals surface area contributed by atoms with Crippen molar-refractivity contribution < 1.29 is 4.74 Å². The molecule has 0 unspecified atom stereocenters. The van der Waals surface area contributed by atoms with Crippen molar-refractivity contribution in [2.24, 2.45) is 0 Å². The molecular weight excluding hydrogens is 344 g/mol. The highest BCUT2D eigenvalue weighted by Crippen LogP contribution is 2.31. The molecule has 3 heterocycles. The summed E-state index contributed by atoms with van der Waals surface area (Å²) >= 11 is 0. The molecule has 0 spiro atoms. The molecule has 5 rings (SSSR count). The van der Waals surface area contributed by atoms with Gasteiger partial charge >= 0.3 is 5.69 Å². The molecule has 0 amide bonds. The van der Waals surface area contributed by atoms with Gasteiger partial charge in [0.05, 0.1) is 29.7 Å². The summed E-state index contributed by atoms with van der Waals surface area (Å²) in [6, 6.07) is 5.99. The lowest BCUT2D eigenvalue weighted by molar-refractivity contribution is 0.0585. The van der Waals surface area contributed by atoms with Crippen molar-refractivity contribution in [3.8, 4) is 11.4 Å². The number of fused-ring (bicyclic) bond motifs is 2. The molecule has 1 aliphatic rings.